The molecule has 0 aliphatic rings. The summed E-state index contributed by atoms with van der Waals surface area (Å²) in [6, 6.07) is 0. The molecule has 4 heteroatoms. The first-order chi connectivity index (χ1) is 3.55. The van der Waals surface area contributed by atoms with Gasteiger partial charge in [-0.25, -0.2) is 4.79 Å². The van der Waals surface area contributed by atoms with Gasteiger partial charge in [-0.3, -0.25) is 0 Å². The molecule has 0 aliphatic heterocycles. The number of hydrogen-bond acceptors (Lipinski definition) is 1. The minimum Gasteiger partial charge on any atom is -0.477 e. The van der Waals surface area contributed by atoms with Crippen molar-refractivity contribution in [2.24, 2.45) is 0 Å². The number of allylic oxidation sites excluding steroid dienone is 1. The van der Waals surface area contributed by atoms with Gasteiger partial charge in [0.1, 0.15) is 4.48 Å². The molecule has 0 aromatic heterocycles. The van der Waals surface area contributed by atoms with E-state index in [1.165, 1.54) is 0 Å². The summed E-state index contributed by atoms with van der Waals surface area (Å²) in [5.41, 5.74) is 0. The predicted molar refractivity (Wildman–Crippen MR) is 38.2 cm³/mol. The van der Waals surface area contributed by atoms with Crippen LogP contribution in [0.3, 0.4) is 0 Å². The SMILES string of the molecule is CC(Br)=C(Br)C(=O)O. The summed E-state index contributed by atoms with van der Waals surface area (Å²) < 4.78 is 0.752. The fourth-order valence-electron chi connectivity index (χ4n) is 0.147. The molecule has 0 saturated heterocycles. The Morgan fingerprint density at radius 3 is 1.88 bits per heavy atom. The molecule has 0 heterocycles. The lowest BCUT2D eigenvalue weighted by atomic mass is 10.5. The second-order valence-electron chi connectivity index (χ2n) is 1.15. The zero-order valence-electron chi connectivity index (χ0n) is 4.11. The Hall–Kier alpha value is 0.170. The largest absolute Gasteiger partial charge is 0.477 e. The van der Waals surface area contributed by atoms with Crippen LogP contribution in [0.15, 0.2) is 8.96 Å². The average Bonchev–Trinajstić information content (AvgIpc) is 1.64. The van der Waals surface area contributed by atoms with Crippen molar-refractivity contribution in [2.45, 2.75) is 6.92 Å². The summed E-state index contributed by atoms with van der Waals surface area (Å²) in [5, 5.41) is 8.22. The van der Waals surface area contributed by atoms with E-state index in [0.29, 0.717) is 4.48 Å². The third-order valence-corrected chi connectivity index (χ3v) is 2.35. The lowest BCUT2D eigenvalue weighted by Gasteiger charge is -1.88. The van der Waals surface area contributed by atoms with Crippen LogP contribution in [-0.2, 0) is 4.79 Å². The fraction of sp³-hybridized carbons (Fsp3) is 0.250. The van der Waals surface area contributed by atoms with Gasteiger partial charge in [0.25, 0.3) is 0 Å². The first-order valence-corrected chi connectivity index (χ1v) is 3.39. The van der Waals surface area contributed by atoms with Gasteiger partial charge in [-0.2, -0.15) is 0 Å². The lowest BCUT2D eigenvalue weighted by Crippen LogP contribution is -1.93. The van der Waals surface area contributed by atoms with E-state index in [-0.39, 0.29) is 4.48 Å². The van der Waals surface area contributed by atoms with Crippen LogP contribution in [0, 0.1) is 0 Å². The fourth-order valence-corrected chi connectivity index (χ4v) is 0.317. The van der Waals surface area contributed by atoms with Crippen molar-refractivity contribution < 1.29 is 9.90 Å². The predicted octanol–water partition coefficient (Wildman–Crippen LogP) is 2.09. The van der Waals surface area contributed by atoms with E-state index in [1.807, 2.05) is 0 Å². The standard InChI is InChI=1S/C4H4Br2O2/c1-2(5)3(6)4(7)8/h1H3,(H,7,8). The van der Waals surface area contributed by atoms with Crippen molar-refractivity contribution in [1.29, 1.82) is 0 Å². The Bertz CT molecular complexity index is 135. The van der Waals surface area contributed by atoms with Crippen molar-refractivity contribution >= 4 is 37.8 Å². The van der Waals surface area contributed by atoms with Gasteiger partial charge in [0.05, 0.1) is 0 Å². The summed E-state index contributed by atoms with van der Waals surface area (Å²) in [5.74, 6) is -0.959. The topological polar surface area (TPSA) is 37.3 Å². The van der Waals surface area contributed by atoms with Gasteiger partial charge in [0.2, 0.25) is 0 Å². The molecule has 0 unspecified atom stereocenters. The van der Waals surface area contributed by atoms with E-state index in [1.54, 1.807) is 6.92 Å². The molecule has 2 nitrogen and oxygen atoms in total. The molecule has 0 aliphatic carbocycles. The molecule has 46 valence electrons. The van der Waals surface area contributed by atoms with Crippen LogP contribution in [0.2, 0.25) is 0 Å². The minimum atomic E-state index is -0.959. The first kappa shape index (κ1) is 8.17. The molecule has 8 heavy (non-hydrogen) atoms. The van der Waals surface area contributed by atoms with E-state index in [9.17, 15) is 4.79 Å². The molecule has 0 aromatic rings. The highest BCUT2D eigenvalue weighted by Gasteiger charge is 2.03. The summed E-state index contributed by atoms with van der Waals surface area (Å²) in [4.78, 5) is 10.0. The molecular formula is C4H4Br2O2. The van der Waals surface area contributed by atoms with Crippen molar-refractivity contribution in [3.8, 4) is 0 Å². The monoisotopic (exact) mass is 242 g/mol. The second-order valence-corrected chi connectivity index (χ2v) is 3.14. The minimum absolute atomic E-state index is 0.164. The van der Waals surface area contributed by atoms with Gasteiger partial charge in [-0.05, 0) is 22.9 Å². The second kappa shape index (κ2) is 3.25. The van der Waals surface area contributed by atoms with Gasteiger partial charge in [-0.1, -0.05) is 15.9 Å². The van der Waals surface area contributed by atoms with Crippen molar-refractivity contribution in [1.82, 2.24) is 0 Å². The number of carbonyl (C=O) groups is 1. The molecule has 0 bridgehead atoms. The molecule has 0 spiro atoms. The van der Waals surface area contributed by atoms with Crippen LogP contribution in [-0.4, -0.2) is 11.1 Å². The number of rotatable bonds is 1. The van der Waals surface area contributed by atoms with Crippen molar-refractivity contribution in [3.63, 3.8) is 0 Å². The molecule has 0 rings (SSSR count). The number of halogens is 2. The smallest absolute Gasteiger partial charge is 0.343 e. The normalized spacial score (nSPS) is 12.9. The maximum Gasteiger partial charge on any atom is 0.343 e. The Kier molecular flexibility index (Phi) is 3.31. The van der Waals surface area contributed by atoms with Gasteiger partial charge < -0.3 is 5.11 Å². The zero-order valence-corrected chi connectivity index (χ0v) is 7.28. The number of carboxylic acid groups (broad SMARTS) is 1. The van der Waals surface area contributed by atoms with Crippen LogP contribution in [0.1, 0.15) is 6.92 Å². The maximum atomic E-state index is 10.0. The number of aliphatic carboxylic acids is 1. The number of hydrogen-bond donors (Lipinski definition) is 1. The average molecular weight is 244 g/mol. The Morgan fingerprint density at radius 1 is 1.50 bits per heavy atom. The third kappa shape index (κ3) is 2.47. The summed E-state index contributed by atoms with van der Waals surface area (Å²) >= 11 is 5.83. The van der Waals surface area contributed by atoms with Crippen LogP contribution in [0.4, 0.5) is 0 Å². The third-order valence-electron chi connectivity index (χ3n) is 0.490. The highest BCUT2D eigenvalue weighted by Crippen LogP contribution is 2.16. The molecule has 0 fully saturated rings. The van der Waals surface area contributed by atoms with E-state index >= 15 is 0 Å². The Labute approximate surface area is 63.8 Å². The van der Waals surface area contributed by atoms with Crippen LogP contribution in [0.5, 0.6) is 0 Å². The molecular weight excluding hydrogens is 240 g/mol. The Morgan fingerprint density at radius 2 is 1.88 bits per heavy atom. The van der Waals surface area contributed by atoms with E-state index in [0.717, 1.165) is 0 Å². The van der Waals surface area contributed by atoms with Gasteiger partial charge in [0, 0.05) is 4.48 Å². The molecule has 0 amide bonds. The lowest BCUT2D eigenvalue weighted by molar-refractivity contribution is -0.131. The van der Waals surface area contributed by atoms with Gasteiger partial charge >= 0.3 is 5.97 Å². The molecule has 1 N–H and O–H groups in total. The summed E-state index contributed by atoms with van der Waals surface area (Å²) in [7, 11) is 0. The van der Waals surface area contributed by atoms with E-state index in [4.69, 9.17) is 5.11 Å². The van der Waals surface area contributed by atoms with Crippen molar-refractivity contribution in [3.05, 3.63) is 8.96 Å². The van der Waals surface area contributed by atoms with Gasteiger partial charge in [-0.15, -0.1) is 0 Å². The first-order valence-electron chi connectivity index (χ1n) is 1.81. The zero-order chi connectivity index (χ0) is 6.73. The molecule has 0 aromatic carbocycles. The highest BCUT2D eigenvalue weighted by molar-refractivity contribution is 9.14. The van der Waals surface area contributed by atoms with Crippen LogP contribution in [0.25, 0.3) is 0 Å². The highest BCUT2D eigenvalue weighted by atomic mass is 79.9. The van der Waals surface area contributed by atoms with E-state index < -0.39 is 5.97 Å². The summed E-state index contributed by atoms with van der Waals surface area (Å²) in [6.45, 7) is 1.65. The summed E-state index contributed by atoms with van der Waals surface area (Å²) in [6.07, 6.45) is 0. The number of carboxylic acids is 1. The van der Waals surface area contributed by atoms with Crippen LogP contribution >= 0.6 is 31.9 Å². The molecule has 0 atom stereocenters. The van der Waals surface area contributed by atoms with Gasteiger partial charge in [0.15, 0.2) is 0 Å². The van der Waals surface area contributed by atoms with Crippen molar-refractivity contribution in [2.75, 3.05) is 0 Å². The molecule has 0 radical (unpaired) electrons. The Balaban J connectivity index is 4.23. The quantitative estimate of drug-likeness (QED) is 0.717. The van der Waals surface area contributed by atoms with Crippen LogP contribution < -0.4 is 0 Å². The molecule has 0 saturated carbocycles. The maximum absolute atomic E-state index is 10.0. The van der Waals surface area contributed by atoms with E-state index in [2.05, 4.69) is 31.9 Å².